The molecule has 2 aliphatic rings. The van der Waals surface area contributed by atoms with Crippen molar-refractivity contribution >= 4 is 5.82 Å². The minimum atomic E-state index is 0.185. The van der Waals surface area contributed by atoms with Crippen LogP contribution in [0.5, 0.6) is 0 Å². The van der Waals surface area contributed by atoms with Gasteiger partial charge in [-0.05, 0) is 30.4 Å². The van der Waals surface area contributed by atoms with Crippen molar-refractivity contribution in [3.05, 3.63) is 89.4 Å². The van der Waals surface area contributed by atoms with E-state index in [9.17, 15) is 5.26 Å². The van der Waals surface area contributed by atoms with Crippen LogP contribution in [0.15, 0.2) is 66.9 Å². The second-order valence-electron chi connectivity index (χ2n) is 8.23. The van der Waals surface area contributed by atoms with Gasteiger partial charge in [-0.15, -0.1) is 0 Å². The Kier molecular flexibility index (Phi) is 5.17. The van der Waals surface area contributed by atoms with E-state index in [2.05, 4.69) is 81.9 Å². The fourth-order valence-corrected chi connectivity index (χ4v) is 4.40. The molecule has 2 atom stereocenters. The van der Waals surface area contributed by atoms with E-state index in [1.807, 2.05) is 0 Å². The van der Waals surface area contributed by atoms with Crippen LogP contribution in [-0.2, 0) is 6.54 Å². The zero-order valence-electron chi connectivity index (χ0n) is 16.9. The van der Waals surface area contributed by atoms with Gasteiger partial charge in [-0.3, -0.25) is 4.90 Å². The van der Waals surface area contributed by atoms with Crippen LogP contribution in [0.3, 0.4) is 0 Å². The summed E-state index contributed by atoms with van der Waals surface area (Å²) in [6, 6.07) is 23.9. The van der Waals surface area contributed by atoms with Crippen molar-refractivity contribution in [3.63, 3.8) is 0 Å². The Balaban J connectivity index is 1.44. The molecule has 1 saturated heterocycles. The lowest BCUT2D eigenvalue weighted by atomic mass is 9.99. The topological polar surface area (TPSA) is 64.8 Å². The minimum absolute atomic E-state index is 0.185. The van der Waals surface area contributed by atoms with Gasteiger partial charge in [0.2, 0.25) is 0 Å². The number of anilines is 1. The van der Waals surface area contributed by atoms with Crippen LogP contribution in [0.2, 0.25) is 0 Å². The molecule has 2 unspecified atom stereocenters. The van der Waals surface area contributed by atoms with Crippen LogP contribution in [0.25, 0.3) is 0 Å². The number of hydrogen-bond acceptors (Lipinski definition) is 5. The molecule has 0 amide bonds. The van der Waals surface area contributed by atoms with Gasteiger partial charge in [-0.1, -0.05) is 60.7 Å². The van der Waals surface area contributed by atoms with Crippen molar-refractivity contribution in [1.29, 1.82) is 5.26 Å². The number of nitrogens with one attached hydrogen (secondary N) is 1. The van der Waals surface area contributed by atoms with Crippen molar-refractivity contribution in [1.82, 2.24) is 14.9 Å². The molecular weight excluding hydrogens is 370 g/mol. The highest BCUT2D eigenvalue weighted by atomic mass is 15.2. The molecule has 2 aromatic carbocycles. The number of benzene rings is 2. The van der Waals surface area contributed by atoms with Crippen molar-refractivity contribution in [2.45, 2.75) is 43.8 Å². The van der Waals surface area contributed by atoms with Gasteiger partial charge in [0.25, 0.3) is 0 Å². The van der Waals surface area contributed by atoms with Gasteiger partial charge in [-0.25, -0.2) is 9.97 Å². The third-order valence-corrected chi connectivity index (χ3v) is 6.06. The maximum absolute atomic E-state index is 9.59. The van der Waals surface area contributed by atoms with Crippen LogP contribution in [-0.4, -0.2) is 27.5 Å². The van der Waals surface area contributed by atoms with E-state index in [-0.39, 0.29) is 12.1 Å². The van der Waals surface area contributed by atoms with Gasteiger partial charge in [0.05, 0.1) is 12.2 Å². The second-order valence-corrected chi connectivity index (χ2v) is 8.23. The van der Waals surface area contributed by atoms with E-state index in [0.717, 1.165) is 38.2 Å². The molecule has 1 N–H and O–H groups in total. The summed E-state index contributed by atoms with van der Waals surface area (Å²) in [5.74, 6) is 2.01. The average molecular weight is 396 g/mol. The molecule has 1 aromatic heterocycles. The van der Waals surface area contributed by atoms with Crippen LogP contribution < -0.4 is 5.32 Å². The summed E-state index contributed by atoms with van der Waals surface area (Å²) >= 11 is 0. The quantitative estimate of drug-likeness (QED) is 0.658. The Morgan fingerprint density at radius 3 is 2.43 bits per heavy atom. The Hall–Kier alpha value is -3.23. The van der Waals surface area contributed by atoms with Gasteiger partial charge < -0.3 is 5.32 Å². The van der Waals surface area contributed by atoms with Crippen LogP contribution >= 0.6 is 0 Å². The molecule has 30 heavy (non-hydrogen) atoms. The van der Waals surface area contributed by atoms with E-state index in [0.29, 0.717) is 17.3 Å². The van der Waals surface area contributed by atoms with Gasteiger partial charge in [0.1, 0.15) is 23.3 Å². The van der Waals surface area contributed by atoms with Crippen LogP contribution in [0.1, 0.15) is 53.7 Å². The third-order valence-electron chi connectivity index (χ3n) is 6.06. The normalized spacial score (nSPS) is 21.3. The first kappa shape index (κ1) is 18.8. The van der Waals surface area contributed by atoms with Gasteiger partial charge >= 0.3 is 0 Å². The van der Waals surface area contributed by atoms with Crippen molar-refractivity contribution < 1.29 is 0 Å². The fourth-order valence-electron chi connectivity index (χ4n) is 4.40. The Morgan fingerprint density at radius 1 is 1.00 bits per heavy atom. The van der Waals surface area contributed by atoms with Gasteiger partial charge in [0.15, 0.2) is 0 Å². The van der Waals surface area contributed by atoms with E-state index in [4.69, 9.17) is 4.98 Å². The molecule has 5 heteroatoms. The number of aromatic nitrogens is 2. The molecule has 150 valence electrons. The zero-order valence-corrected chi connectivity index (χ0v) is 16.9. The summed E-state index contributed by atoms with van der Waals surface area (Å²) in [6.07, 6.45) is 4.97. The molecule has 0 spiro atoms. The molecule has 2 heterocycles. The highest BCUT2D eigenvalue weighted by Crippen LogP contribution is 2.39. The molecule has 0 radical (unpaired) electrons. The van der Waals surface area contributed by atoms with Crippen molar-refractivity contribution in [2.24, 2.45) is 0 Å². The molecule has 1 aliphatic heterocycles. The van der Waals surface area contributed by atoms with Gasteiger partial charge in [-0.2, -0.15) is 5.26 Å². The summed E-state index contributed by atoms with van der Waals surface area (Å²) in [5, 5.41) is 13.2. The number of nitrogens with zero attached hydrogens (tertiary/aromatic N) is 4. The molecule has 5 nitrogen and oxygen atoms in total. The molecule has 3 aromatic rings. The monoisotopic (exact) mass is 395 g/mol. The Labute approximate surface area is 177 Å². The maximum Gasteiger partial charge on any atom is 0.148 e. The van der Waals surface area contributed by atoms with Gasteiger partial charge in [0, 0.05) is 25.0 Å². The van der Waals surface area contributed by atoms with Crippen molar-refractivity contribution in [2.75, 3.05) is 11.9 Å². The lowest BCUT2D eigenvalue weighted by molar-refractivity contribution is 0.242. The highest BCUT2D eigenvalue weighted by Gasteiger charge is 2.36. The van der Waals surface area contributed by atoms with Crippen LogP contribution in [0, 0.1) is 11.3 Å². The lowest BCUT2D eigenvalue weighted by Gasteiger charge is -2.29. The first-order valence-corrected chi connectivity index (χ1v) is 10.7. The highest BCUT2D eigenvalue weighted by molar-refractivity contribution is 5.52. The summed E-state index contributed by atoms with van der Waals surface area (Å²) in [7, 11) is 0. The first-order chi connectivity index (χ1) is 14.8. The molecule has 0 bridgehead atoms. The zero-order chi connectivity index (χ0) is 20.3. The van der Waals surface area contributed by atoms with E-state index < -0.39 is 0 Å². The number of hydrogen-bond donors (Lipinski definition) is 1. The summed E-state index contributed by atoms with van der Waals surface area (Å²) in [4.78, 5) is 11.7. The fraction of sp³-hybridized carbons (Fsp3) is 0.320. The van der Waals surface area contributed by atoms with Crippen molar-refractivity contribution in [3.8, 4) is 6.07 Å². The SMILES string of the molecule is N#Cc1cnc(C2CC2)nc1NC1CCN(Cc2ccccc2)C1c1ccccc1. The number of nitriles is 1. The molecule has 5 rings (SSSR count). The smallest absolute Gasteiger partial charge is 0.148 e. The Bertz CT molecular complexity index is 1040. The van der Waals surface area contributed by atoms with E-state index in [1.54, 1.807) is 6.20 Å². The minimum Gasteiger partial charge on any atom is -0.364 e. The van der Waals surface area contributed by atoms with E-state index in [1.165, 1.54) is 11.1 Å². The standard InChI is InChI=1S/C25H25N5/c26-15-21-16-27-24(20-11-12-20)29-25(21)28-22-13-14-30(17-18-7-3-1-4-8-18)23(22)19-9-5-2-6-10-19/h1-10,16,20,22-23H,11-14,17H2,(H,27,28,29). The summed E-state index contributed by atoms with van der Waals surface area (Å²) < 4.78 is 0. The lowest BCUT2D eigenvalue weighted by Crippen LogP contribution is -2.31. The third kappa shape index (κ3) is 3.92. The van der Waals surface area contributed by atoms with E-state index >= 15 is 0 Å². The number of likely N-dealkylation sites (tertiary alicyclic amines) is 1. The molecular formula is C25H25N5. The predicted octanol–water partition coefficient (Wildman–Crippen LogP) is 4.65. The largest absolute Gasteiger partial charge is 0.364 e. The molecule has 1 aliphatic carbocycles. The molecule has 2 fully saturated rings. The van der Waals surface area contributed by atoms with Crippen LogP contribution in [0.4, 0.5) is 5.82 Å². The molecule has 1 saturated carbocycles. The Morgan fingerprint density at radius 2 is 1.73 bits per heavy atom. The average Bonchev–Trinajstić information content (AvgIpc) is 3.58. The maximum atomic E-state index is 9.59. The second kappa shape index (κ2) is 8.25. The predicted molar refractivity (Wildman–Crippen MR) is 117 cm³/mol. The summed E-state index contributed by atoms with van der Waals surface area (Å²) in [6.45, 7) is 1.90. The summed E-state index contributed by atoms with van der Waals surface area (Å²) in [5.41, 5.74) is 3.13. The first-order valence-electron chi connectivity index (χ1n) is 10.7. The number of rotatable bonds is 6.